The van der Waals surface area contributed by atoms with Crippen molar-refractivity contribution in [3.63, 3.8) is 0 Å². The molecule has 0 amide bonds. The summed E-state index contributed by atoms with van der Waals surface area (Å²) in [5.74, 6) is 2.59. The molecule has 1 aliphatic heterocycles. The van der Waals surface area contributed by atoms with E-state index in [4.69, 9.17) is 4.52 Å². The molecular weight excluding hydrogens is 326 g/mol. The van der Waals surface area contributed by atoms with Gasteiger partial charge in [0.1, 0.15) is 5.82 Å². The van der Waals surface area contributed by atoms with E-state index in [0.717, 1.165) is 61.9 Å². The van der Waals surface area contributed by atoms with Gasteiger partial charge in [0, 0.05) is 31.3 Å². The monoisotopic (exact) mass is 349 g/mol. The van der Waals surface area contributed by atoms with Crippen molar-refractivity contribution in [2.45, 2.75) is 38.6 Å². The molecule has 0 aliphatic carbocycles. The van der Waals surface area contributed by atoms with E-state index >= 15 is 0 Å². The van der Waals surface area contributed by atoms with Gasteiger partial charge in [-0.15, -0.1) is 0 Å². The van der Waals surface area contributed by atoms with E-state index in [1.165, 1.54) is 0 Å². The lowest BCUT2D eigenvalue weighted by atomic mass is 9.98. The molecule has 6 nitrogen and oxygen atoms in total. The van der Waals surface area contributed by atoms with Crippen LogP contribution in [0.3, 0.4) is 0 Å². The lowest BCUT2D eigenvalue weighted by molar-refractivity contribution is 0.178. The van der Waals surface area contributed by atoms with Gasteiger partial charge >= 0.3 is 0 Å². The molecule has 0 bridgehead atoms. The second kappa shape index (κ2) is 7.74. The fourth-order valence-electron chi connectivity index (χ4n) is 3.43. The molecular formula is C20H23N5O. The molecule has 0 radical (unpaired) electrons. The Morgan fingerprint density at radius 3 is 2.88 bits per heavy atom. The van der Waals surface area contributed by atoms with Crippen LogP contribution in [-0.4, -0.2) is 38.1 Å². The van der Waals surface area contributed by atoms with E-state index in [9.17, 15) is 0 Å². The van der Waals surface area contributed by atoms with E-state index in [-0.39, 0.29) is 5.92 Å². The van der Waals surface area contributed by atoms with Crippen LogP contribution < -0.4 is 0 Å². The number of aryl methyl sites for hydroxylation is 1. The minimum absolute atomic E-state index is 0.279. The molecule has 1 atom stereocenters. The molecule has 0 N–H and O–H groups in total. The molecule has 134 valence electrons. The number of rotatable bonds is 5. The zero-order valence-electron chi connectivity index (χ0n) is 15.0. The van der Waals surface area contributed by atoms with Crippen LogP contribution >= 0.6 is 0 Å². The Kier molecular flexibility index (Phi) is 5.02. The SMILES string of the molecule is CCc1nccc(CN2CCC[C@@H](c3nc(-c4ccccc4)no3)C2)n1. The summed E-state index contributed by atoms with van der Waals surface area (Å²) >= 11 is 0. The van der Waals surface area contributed by atoms with Gasteiger partial charge < -0.3 is 4.52 Å². The number of nitrogens with zero attached hydrogens (tertiary/aromatic N) is 5. The maximum absolute atomic E-state index is 5.58. The minimum Gasteiger partial charge on any atom is -0.339 e. The molecule has 1 aliphatic rings. The summed E-state index contributed by atoms with van der Waals surface area (Å²) < 4.78 is 5.58. The number of aromatic nitrogens is 4. The van der Waals surface area contributed by atoms with Crippen LogP contribution in [0.25, 0.3) is 11.4 Å². The van der Waals surface area contributed by atoms with Crippen LogP contribution in [0, 0.1) is 0 Å². The fourth-order valence-corrected chi connectivity index (χ4v) is 3.43. The molecule has 0 saturated carbocycles. The van der Waals surface area contributed by atoms with Gasteiger partial charge in [0.25, 0.3) is 0 Å². The highest BCUT2D eigenvalue weighted by molar-refractivity contribution is 5.53. The Bertz CT molecular complexity index is 848. The zero-order chi connectivity index (χ0) is 17.8. The normalized spacial score (nSPS) is 18.1. The summed E-state index contributed by atoms with van der Waals surface area (Å²) in [4.78, 5) is 16.0. The first-order chi connectivity index (χ1) is 12.8. The smallest absolute Gasteiger partial charge is 0.231 e. The standard InChI is InChI=1S/C20H23N5O/c1-2-18-21-11-10-17(22-18)14-25-12-6-9-16(13-25)20-23-19(24-26-20)15-7-4-3-5-8-15/h3-5,7-8,10-11,16H,2,6,9,12-14H2,1H3/t16-/m1/s1. The molecule has 1 aromatic carbocycles. The van der Waals surface area contributed by atoms with Gasteiger partial charge in [0.05, 0.1) is 11.6 Å². The topological polar surface area (TPSA) is 67.9 Å². The van der Waals surface area contributed by atoms with Crippen LogP contribution in [0.2, 0.25) is 0 Å². The van der Waals surface area contributed by atoms with Crippen molar-refractivity contribution in [1.82, 2.24) is 25.0 Å². The first kappa shape index (κ1) is 16.8. The Labute approximate surface area is 153 Å². The minimum atomic E-state index is 0.279. The van der Waals surface area contributed by atoms with Crippen LogP contribution in [0.1, 0.15) is 43.1 Å². The van der Waals surface area contributed by atoms with E-state index in [1.54, 1.807) is 0 Å². The van der Waals surface area contributed by atoms with Crippen molar-refractivity contribution >= 4 is 0 Å². The summed E-state index contributed by atoms with van der Waals surface area (Å²) in [6, 6.07) is 12.0. The lowest BCUT2D eigenvalue weighted by Gasteiger charge is -2.30. The van der Waals surface area contributed by atoms with Gasteiger partial charge in [-0.2, -0.15) is 4.98 Å². The molecule has 4 rings (SSSR count). The number of hydrogen-bond acceptors (Lipinski definition) is 6. The molecule has 1 fully saturated rings. The van der Waals surface area contributed by atoms with E-state index in [0.29, 0.717) is 5.82 Å². The molecule has 0 unspecified atom stereocenters. The van der Waals surface area contributed by atoms with E-state index in [1.807, 2.05) is 42.6 Å². The summed E-state index contributed by atoms with van der Waals surface area (Å²) in [5.41, 5.74) is 2.07. The van der Waals surface area contributed by atoms with Crippen molar-refractivity contribution < 1.29 is 4.52 Å². The highest BCUT2D eigenvalue weighted by Crippen LogP contribution is 2.28. The van der Waals surface area contributed by atoms with Crippen LogP contribution in [-0.2, 0) is 13.0 Å². The summed E-state index contributed by atoms with van der Waals surface area (Å²) in [6.07, 6.45) is 4.92. The molecule has 26 heavy (non-hydrogen) atoms. The second-order valence-electron chi connectivity index (χ2n) is 6.71. The van der Waals surface area contributed by atoms with Gasteiger partial charge in [-0.05, 0) is 25.5 Å². The number of hydrogen-bond donors (Lipinski definition) is 0. The van der Waals surface area contributed by atoms with Crippen molar-refractivity contribution in [2.24, 2.45) is 0 Å². The average Bonchev–Trinajstić information content (AvgIpc) is 3.19. The fraction of sp³-hybridized carbons (Fsp3) is 0.400. The van der Waals surface area contributed by atoms with Gasteiger partial charge in [-0.1, -0.05) is 42.4 Å². The van der Waals surface area contributed by atoms with Crippen LogP contribution in [0.5, 0.6) is 0 Å². The average molecular weight is 349 g/mol. The van der Waals surface area contributed by atoms with Crippen molar-refractivity contribution in [3.05, 3.63) is 60.0 Å². The molecule has 0 spiro atoms. The molecule has 1 saturated heterocycles. The van der Waals surface area contributed by atoms with Gasteiger partial charge in [0.15, 0.2) is 0 Å². The Balaban J connectivity index is 1.44. The van der Waals surface area contributed by atoms with Crippen molar-refractivity contribution in [3.8, 4) is 11.4 Å². The first-order valence-electron chi connectivity index (χ1n) is 9.24. The van der Waals surface area contributed by atoms with Crippen molar-refractivity contribution in [2.75, 3.05) is 13.1 Å². The number of piperidine rings is 1. The predicted molar refractivity (Wildman–Crippen MR) is 98.4 cm³/mol. The highest BCUT2D eigenvalue weighted by Gasteiger charge is 2.26. The maximum Gasteiger partial charge on any atom is 0.231 e. The number of likely N-dealkylation sites (tertiary alicyclic amines) is 1. The third kappa shape index (κ3) is 3.80. The van der Waals surface area contributed by atoms with Crippen LogP contribution in [0.15, 0.2) is 47.1 Å². The van der Waals surface area contributed by atoms with Gasteiger partial charge in [0.2, 0.25) is 11.7 Å². The van der Waals surface area contributed by atoms with Gasteiger partial charge in [-0.25, -0.2) is 9.97 Å². The van der Waals surface area contributed by atoms with Crippen molar-refractivity contribution in [1.29, 1.82) is 0 Å². The Hall–Kier alpha value is -2.60. The summed E-state index contributed by atoms with van der Waals surface area (Å²) in [5, 5.41) is 4.17. The molecule has 3 aromatic rings. The highest BCUT2D eigenvalue weighted by atomic mass is 16.5. The molecule has 6 heteroatoms. The van der Waals surface area contributed by atoms with Crippen LogP contribution in [0.4, 0.5) is 0 Å². The third-order valence-electron chi connectivity index (χ3n) is 4.79. The molecule has 3 heterocycles. The quantitative estimate of drug-likeness (QED) is 0.702. The van der Waals surface area contributed by atoms with E-state index < -0.39 is 0 Å². The zero-order valence-corrected chi connectivity index (χ0v) is 15.0. The molecule has 2 aromatic heterocycles. The third-order valence-corrected chi connectivity index (χ3v) is 4.79. The van der Waals surface area contributed by atoms with E-state index in [2.05, 4.69) is 31.9 Å². The summed E-state index contributed by atoms with van der Waals surface area (Å²) in [6.45, 7) is 4.91. The summed E-state index contributed by atoms with van der Waals surface area (Å²) in [7, 11) is 0. The Morgan fingerprint density at radius 2 is 2.04 bits per heavy atom. The van der Waals surface area contributed by atoms with Gasteiger partial charge in [-0.3, -0.25) is 4.90 Å². The largest absolute Gasteiger partial charge is 0.339 e. The lowest BCUT2D eigenvalue weighted by Crippen LogP contribution is -2.34. The Morgan fingerprint density at radius 1 is 1.15 bits per heavy atom. The number of benzene rings is 1. The first-order valence-corrected chi connectivity index (χ1v) is 9.24. The maximum atomic E-state index is 5.58. The predicted octanol–water partition coefficient (Wildman–Crippen LogP) is 3.47. The second-order valence-corrected chi connectivity index (χ2v) is 6.71.